The molecule has 3 heterocycles. The Morgan fingerprint density at radius 3 is 2.42 bits per heavy atom. The van der Waals surface area contributed by atoms with Crippen molar-refractivity contribution in [3.8, 4) is 5.75 Å². The zero-order chi connectivity index (χ0) is 24.9. The Kier molecular flexibility index (Phi) is 7.31. The number of non-ortho nitro benzene ring substituents is 1. The van der Waals surface area contributed by atoms with Crippen molar-refractivity contribution in [2.24, 2.45) is 0 Å². The molecule has 11 heteroatoms. The number of hydrogen-bond donors (Lipinski definition) is 1. The van der Waals surface area contributed by atoms with Crippen LogP contribution in [0.2, 0.25) is 0 Å². The maximum absolute atomic E-state index is 12.9. The van der Waals surface area contributed by atoms with Crippen LogP contribution in [0.4, 0.5) is 22.7 Å². The summed E-state index contributed by atoms with van der Waals surface area (Å²) in [5, 5.41) is 14.3. The molecule has 0 unspecified atom stereocenters. The average Bonchev–Trinajstić information content (AvgIpc) is 2.92. The number of anilines is 3. The largest absolute Gasteiger partial charge is 0.467 e. The van der Waals surface area contributed by atoms with E-state index in [-0.39, 0.29) is 25.0 Å². The Labute approximate surface area is 208 Å². The number of nitro benzene ring substituents is 1. The molecule has 0 bridgehead atoms. The molecule has 1 N–H and O–H groups in total. The maximum Gasteiger partial charge on any atom is 0.270 e. The van der Waals surface area contributed by atoms with E-state index >= 15 is 0 Å². The second kappa shape index (κ2) is 10.9. The third-order valence-corrected chi connectivity index (χ3v) is 6.32. The summed E-state index contributed by atoms with van der Waals surface area (Å²) in [6.07, 6.45) is 2.89. The molecule has 190 valence electrons. The van der Waals surface area contributed by atoms with Gasteiger partial charge in [-0.25, -0.2) is 0 Å². The summed E-state index contributed by atoms with van der Waals surface area (Å²) in [6, 6.07) is 8.83. The van der Waals surface area contributed by atoms with Crippen LogP contribution in [0.15, 0.2) is 36.4 Å². The van der Waals surface area contributed by atoms with Crippen LogP contribution in [0.25, 0.3) is 6.08 Å². The zero-order valence-corrected chi connectivity index (χ0v) is 19.8. The first-order valence-corrected chi connectivity index (χ1v) is 11.9. The molecule has 2 aromatic rings. The maximum atomic E-state index is 12.9. The van der Waals surface area contributed by atoms with Crippen molar-refractivity contribution in [2.75, 3.05) is 74.5 Å². The fourth-order valence-electron chi connectivity index (χ4n) is 4.51. The Bertz CT molecular complexity index is 1160. The molecule has 2 saturated heterocycles. The highest BCUT2D eigenvalue weighted by Crippen LogP contribution is 2.34. The number of hydrogen-bond acceptors (Lipinski definition) is 9. The van der Waals surface area contributed by atoms with Gasteiger partial charge in [0.1, 0.15) is 5.75 Å². The SMILES string of the molecule is O=C(/C=C/c1cc([N+](=O)[O-])cc2c1OCOC2)Nc1ccc(N2CCOCC2)cc1N1CCOCC1. The molecule has 5 rings (SSSR count). The van der Waals surface area contributed by atoms with Crippen LogP contribution in [-0.2, 0) is 25.6 Å². The van der Waals surface area contributed by atoms with Gasteiger partial charge in [-0.05, 0) is 24.3 Å². The summed E-state index contributed by atoms with van der Waals surface area (Å²) in [5.74, 6) is 0.135. The number of carbonyl (C=O) groups is 1. The van der Waals surface area contributed by atoms with E-state index in [1.807, 2.05) is 12.1 Å². The minimum Gasteiger partial charge on any atom is -0.467 e. The molecular formula is C25H28N4O7. The molecule has 0 atom stereocenters. The fourth-order valence-corrected chi connectivity index (χ4v) is 4.51. The molecule has 1 amide bonds. The van der Waals surface area contributed by atoms with E-state index in [9.17, 15) is 14.9 Å². The molecule has 36 heavy (non-hydrogen) atoms. The number of nitrogens with zero attached hydrogens (tertiary/aromatic N) is 3. The number of carbonyl (C=O) groups excluding carboxylic acids is 1. The second-order valence-corrected chi connectivity index (χ2v) is 8.61. The third-order valence-electron chi connectivity index (χ3n) is 6.32. The van der Waals surface area contributed by atoms with Crippen molar-refractivity contribution >= 4 is 34.7 Å². The van der Waals surface area contributed by atoms with Gasteiger partial charge in [-0.2, -0.15) is 0 Å². The van der Waals surface area contributed by atoms with Gasteiger partial charge in [0.15, 0.2) is 6.79 Å². The van der Waals surface area contributed by atoms with E-state index in [4.69, 9.17) is 18.9 Å². The minimum absolute atomic E-state index is 0.0518. The van der Waals surface area contributed by atoms with Gasteiger partial charge in [-0.15, -0.1) is 0 Å². The van der Waals surface area contributed by atoms with Gasteiger partial charge < -0.3 is 34.1 Å². The van der Waals surface area contributed by atoms with Gasteiger partial charge in [0.05, 0.1) is 49.3 Å². The summed E-state index contributed by atoms with van der Waals surface area (Å²) >= 11 is 0. The van der Waals surface area contributed by atoms with Crippen LogP contribution in [-0.4, -0.2) is 70.2 Å². The summed E-state index contributed by atoms with van der Waals surface area (Å²) in [6.45, 7) is 5.97. The van der Waals surface area contributed by atoms with Gasteiger partial charge in [0, 0.05) is 61.2 Å². The van der Waals surface area contributed by atoms with Gasteiger partial charge in [0.2, 0.25) is 5.91 Å². The smallest absolute Gasteiger partial charge is 0.270 e. The van der Waals surface area contributed by atoms with E-state index in [2.05, 4.69) is 21.2 Å². The van der Waals surface area contributed by atoms with Crippen LogP contribution in [0.5, 0.6) is 5.75 Å². The number of nitrogens with one attached hydrogen (secondary N) is 1. The molecule has 11 nitrogen and oxygen atoms in total. The number of fused-ring (bicyclic) bond motifs is 1. The lowest BCUT2D eigenvalue weighted by molar-refractivity contribution is -0.385. The molecule has 3 aliphatic rings. The van der Waals surface area contributed by atoms with Crippen molar-refractivity contribution in [3.63, 3.8) is 0 Å². The van der Waals surface area contributed by atoms with Gasteiger partial charge >= 0.3 is 0 Å². The topological polar surface area (TPSA) is 116 Å². The predicted molar refractivity (Wildman–Crippen MR) is 134 cm³/mol. The molecule has 0 radical (unpaired) electrons. The fraction of sp³-hybridized carbons (Fsp3) is 0.400. The van der Waals surface area contributed by atoms with E-state index in [0.717, 1.165) is 37.6 Å². The Hall–Kier alpha value is -3.67. The molecule has 3 aliphatic heterocycles. The van der Waals surface area contributed by atoms with Crippen LogP contribution < -0.4 is 19.9 Å². The quantitative estimate of drug-likeness (QED) is 0.366. The first-order valence-electron chi connectivity index (χ1n) is 11.9. The number of morpholine rings is 2. The number of ether oxygens (including phenoxy) is 4. The first-order chi connectivity index (χ1) is 17.6. The number of nitro groups is 1. The summed E-state index contributed by atoms with van der Waals surface area (Å²) in [7, 11) is 0. The zero-order valence-electron chi connectivity index (χ0n) is 19.8. The number of benzene rings is 2. The van der Waals surface area contributed by atoms with Crippen molar-refractivity contribution < 1.29 is 28.7 Å². The predicted octanol–water partition coefficient (Wildman–Crippen LogP) is 2.79. The van der Waals surface area contributed by atoms with Crippen molar-refractivity contribution in [2.45, 2.75) is 6.61 Å². The number of amides is 1. The monoisotopic (exact) mass is 496 g/mol. The van der Waals surface area contributed by atoms with Gasteiger partial charge in [-0.1, -0.05) is 0 Å². The molecule has 2 fully saturated rings. The summed E-state index contributed by atoms with van der Waals surface area (Å²) in [4.78, 5) is 28.3. The standard InChI is InChI=1S/C25H28N4O7/c30-24(4-1-18-13-21(29(31)32)14-19-16-35-17-36-25(18)19)26-22-3-2-20(27-5-9-33-10-6-27)15-23(22)28-7-11-34-12-8-28/h1-4,13-15H,5-12,16-17H2,(H,26,30)/b4-1+. The van der Waals surface area contributed by atoms with E-state index in [0.29, 0.717) is 49.0 Å². The number of rotatable bonds is 6. The average molecular weight is 497 g/mol. The Morgan fingerprint density at radius 1 is 0.972 bits per heavy atom. The molecule has 0 spiro atoms. The lowest BCUT2D eigenvalue weighted by atomic mass is 10.1. The molecule has 2 aromatic carbocycles. The van der Waals surface area contributed by atoms with Crippen molar-refractivity contribution in [3.05, 3.63) is 57.6 Å². The van der Waals surface area contributed by atoms with E-state index in [1.165, 1.54) is 24.3 Å². The lowest BCUT2D eigenvalue weighted by Crippen LogP contribution is -2.38. The van der Waals surface area contributed by atoms with Gasteiger partial charge in [0.25, 0.3) is 5.69 Å². The van der Waals surface area contributed by atoms with Crippen molar-refractivity contribution in [1.29, 1.82) is 0 Å². The highest BCUT2D eigenvalue weighted by Gasteiger charge is 2.21. The van der Waals surface area contributed by atoms with Crippen LogP contribution in [0, 0.1) is 10.1 Å². The molecule has 0 aromatic heterocycles. The van der Waals surface area contributed by atoms with Crippen LogP contribution in [0.1, 0.15) is 11.1 Å². The normalized spacial score (nSPS) is 18.0. The summed E-state index contributed by atoms with van der Waals surface area (Å²) < 4.78 is 21.8. The second-order valence-electron chi connectivity index (χ2n) is 8.61. The Balaban J connectivity index is 1.38. The van der Waals surface area contributed by atoms with Crippen LogP contribution in [0.3, 0.4) is 0 Å². The molecule has 0 saturated carbocycles. The van der Waals surface area contributed by atoms with Gasteiger partial charge in [-0.3, -0.25) is 14.9 Å². The van der Waals surface area contributed by atoms with Crippen molar-refractivity contribution in [1.82, 2.24) is 0 Å². The molecular weight excluding hydrogens is 468 g/mol. The highest BCUT2D eigenvalue weighted by atomic mass is 16.7. The lowest BCUT2D eigenvalue weighted by Gasteiger charge is -2.33. The van der Waals surface area contributed by atoms with Crippen LogP contribution >= 0.6 is 0 Å². The Morgan fingerprint density at radius 2 is 1.69 bits per heavy atom. The summed E-state index contributed by atoms with van der Waals surface area (Å²) in [5.41, 5.74) is 3.64. The minimum atomic E-state index is -0.475. The van der Waals surface area contributed by atoms with E-state index < -0.39 is 4.92 Å². The third kappa shape index (κ3) is 5.43. The molecule has 0 aliphatic carbocycles. The highest BCUT2D eigenvalue weighted by molar-refractivity contribution is 6.04. The van der Waals surface area contributed by atoms with E-state index in [1.54, 1.807) is 0 Å². The first kappa shape index (κ1) is 24.0.